The summed E-state index contributed by atoms with van der Waals surface area (Å²) in [5.41, 5.74) is 8.01. The van der Waals surface area contributed by atoms with Crippen LogP contribution in [0.3, 0.4) is 0 Å². The number of hydrogen-bond donors (Lipinski definition) is 3. The normalized spacial score (nSPS) is 15.3. The number of rotatable bonds is 6. The van der Waals surface area contributed by atoms with Gasteiger partial charge in [-0.2, -0.15) is 13.2 Å². The van der Waals surface area contributed by atoms with E-state index in [1.54, 1.807) is 18.0 Å². The molecular weight excluding hydrogens is 487 g/mol. The Bertz CT molecular complexity index is 1360. The van der Waals surface area contributed by atoms with Gasteiger partial charge in [-0.25, -0.2) is 9.29 Å². The van der Waals surface area contributed by atoms with Crippen LogP contribution in [0, 0.1) is 0 Å². The number of primary amides is 1. The predicted molar refractivity (Wildman–Crippen MR) is 136 cm³/mol. The maximum Gasteiger partial charge on any atom is 0.417 e. The van der Waals surface area contributed by atoms with Crippen LogP contribution in [0.5, 0.6) is 0 Å². The molecule has 2 aromatic heterocycles. The lowest BCUT2D eigenvalue weighted by atomic mass is 10.0. The first-order valence-electron chi connectivity index (χ1n) is 11.5. The Kier molecular flexibility index (Phi) is 6.63. The molecule has 5 rings (SSSR count). The molecule has 0 radical (unpaired) electrons. The smallest absolute Gasteiger partial charge is 0.367 e. The Hall–Kier alpha value is -3.50. The zero-order chi connectivity index (χ0) is 25.3. The summed E-state index contributed by atoms with van der Waals surface area (Å²) < 4.78 is 40.4. The van der Waals surface area contributed by atoms with E-state index in [9.17, 15) is 18.0 Å². The fraction of sp³-hybridized carbons (Fsp3) is 0.231. The maximum atomic E-state index is 12.7. The summed E-state index contributed by atoms with van der Waals surface area (Å²) in [6, 6.07) is 18.7. The molecule has 1 saturated heterocycles. The first-order valence-corrected chi connectivity index (χ1v) is 12.3. The number of hydrogen-bond acceptors (Lipinski definition) is 5. The van der Waals surface area contributed by atoms with E-state index in [0.717, 1.165) is 65.1 Å². The summed E-state index contributed by atoms with van der Waals surface area (Å²) >= 11 is 1.70. The van der Waals surface area contributed by atoms with Crippen molar-refractivity contribution in [2.75, 3.05) is 18.4 Å². The van der Waals surface area contributed by atoms with Crippen LogP contribution >= 0.6 is 11.9 Å². The number of pyridine rings is 1. The van der Waals surface area contributed by atoms with Crippen molar-refractivity contribution >= 4 is 34.6 Å². The van der Waals surface area contributed by atoms with Crippen LogP contribution in [0.2, 0.25) is 0 Å². The molecule has 0 aliphatic carbocycles. The molecule has 10 heteroatoms. The molecule has 2 aromatic carbocycles. The van der Waals surface area contributed by atoms with Gasteiger partial charge in [0, 0.05) is 41.1 Å². The standard InChI is InChI=1S/C26H24F3N5OS/c27-26(28,29)19-4-8-24(31-15-19)32-20-9-11-34(12-10-20)36-21-5-1-16(2-6-21)17-3-7-22-18(13-17)14-23(33-22)25(30)35/h1-8,13-15,20,33H,9-12H2,(H2,30,35)(H,31,32). The van der Waals surface area contributed by atoms with Gasteiger partial charge in [-0.1, -0.05) is 18.2 Å². The molecule has 6 nitrogen and oxygen atoms in total. The zero-order valence-electron chi connectivity index (χ0n) is 19.2. The molecule has 4 N–H and O–H groups in total. The molecule has 1 aliphatic heterocycles. The van der Waals surface area contributed by atoms with Crippen molar-refractivity contribution in [1.82, 2.24) is 14.3 Å². The number of halogens is 3. The molecule has 1 fully saturated rings. The molecule has 0 bridgehead atoms. The molecule has 1 amide bonds. The maximum absolute atomic E-state index is 12.7. The molecule has 4 aromatic rings. The van der Waals surface area contributed by atoms with E-state index >= 15 is 0 Å². The molecule has 0 atom stereocenters. The largest absolute Gasteiger partial charge is 0.417 e. The van der Waals surface area contributed by atoms with E-state index in [-0.39, 0.29) is 6.04 Å². The van der Waals surface area contributed by atoms with Crippen LogP contribution < -0.4 is 11.1 Å². The molecule has 0 spiro atoms. The molecule has 0 saturated carbocycles. The second kappa shape index (κ2) is 9.87. The summed E-state index contributed by atoms with van der Waals surface area (Å²) in [6.45, 7) is 1.72. The Labute approximate surface area is 210 Å². The van der Waals surface area contributed by atoms with Crippen LogP contribution in [0.1, 0.15) is 28.9 Å². The number of benzene rings is 2. The third-order valence-corrected chi connectivity index (χ3v) is 7.31. The second-order valence-corrected chi connectivity index (χ2v) is 9.91. The Morgan fingerprint density at radius 3 is 2.39 bits per heavy atom. The average molecular weight is 512 g/mol. The number of aromatic nitrogens is 2. The molecular formula is C26H24F3N5OS. The van der Waals surface area contributed by atoms with E-state index in [4.69, 9.17) is 5.73 Å². The van der Waals surface area contributed by atoms with E-state index in [1.807, 2.05) is 18.2 Å². The SMILES string of the molecule is NC(=O)c1cc2cc(-c3ccc(SN4CCC(Nc5ccc(C(F)(F)F)cn5)CC4)cc3)ccc2[nH]1. The van der Waals surface area contributed by atoms with Crippen molar-refractivity contribution in [3.8, 4) is 11.1 Å². The number of anilines is 1. The fourth-order valence-electron chi connectivity index (χ4n) is 4.25. The summed E-state index contributed by atoms with van der Waals surface area (Å²) in [4.78, 5) is 19.5. The van der Waals surface area contributed by atoms with Crippen LogP contribution in [0.4, 0.5) is 19.0 Å². The van der Waals surface area contributed by atoms with Gasteiger partial charge in [0.05, 0.1) is 5.56 Å². The second-order valence-electron chi connectivity index (χ2n) is 8.74. The highest BCUT2D eigenvalue weighted by atomic mass is 32.2. The van der Waals surface area contributed by atoms with E-state index in [1.165, 1.54) is 6.07 Å². The van der Waals surface area contributed by atoms with Crippen LogP contribution in [0.15, 0.2) is 71.8 Å². The van der Waals surface area contributed by atoms with Crippen molar-refractivity contribution in [3.63, 3.8) is 0 Å². The van der Waals surface area contributed by atoms with Crippen LogP contribution in [0.25, 0.3) is 22.0 Å². The Morgan fingerprint density at radius 2 is 1.75 bits per heavy atom. The van der Waals surface area contributed by atoms with Gasteiger partial charge in [-0.3, -0.25) is 4.79 Å². The van der Waals surface area contributed by atoms with Gasteiger partial charge < -0.3 is 16.0 Å². The topological polar surface area (TPSA) is 87.0 Å². The Morgan fingerprint density at radius 1 is 1.03 bits per heavy atom. The Balaban J connectivity index is 1.15. The number of fused-ring (bicyclic) bond motifs is 1. The van der Waals surface area contributed by atoms with Crippen molar-refractivity contribution < 1.29 is 18.0 Å². The first-order chi connectivity index (χ1) is 17.2. The number of alkyl halides is 3. The lowest BCUT2D eigenvalue weighted by molar-refractivity contribution is -0.137. The minimum atomic E-state index is -4.38. The number of piperidine rings is 1. The number of nitrogens with one attached hydrogen (secondary N) is 2. The lowest BCUT2D eigenvalue weighted by Gasteiger charge is -2.31. The summed E-state index contributed by atoms with van der Waals surface area (Å²) in [6.07, 6.45) is -1.76. The number of nitrogens with zero attached hydrogens (tertiary/aromatic N) is 2. The summed E-state index contributed by atoms with van der Waals surface area (Å²) in [7, 11) is 0. The number of carbonyl (C=O) groups is 1. The van der Waals surface area contributed by atoms with Gasteiger partial charge in [0.1, 0.15) is 11.5 Å². The molecule has 186 valence electrons. The quantitative estimate of drug-likeness (QED) is 0.279. The highest BCUT2D eigenvalue weighted by Crippen LogP contribution is 2.32. The molecule has 1 aliphatic rings. The monoisotopic (exact) mass is 511 g/mol. The third kappa shape index (κ3) is 5.50. The molecule has 3 heterocycles. The number of aromatic amines is 1. The van der Waals surface area contributed by atoms with Gasteiger partial charge in [0.15, 0.2) is 0 Å². The van der Waals surface area contributed by atoms with Crippen LogP contribution in [-0.4, -0.2) is 39.3 Å². The average Bonchev–Trinajstić information content (AvgIpc) is 3.30. The summed E-state index contributed by atoms with van der Waals surface area (Å²) in [5, 5.41) is 4.18. The number of carbonyl (C=O) groups excluding carboxylic acids is 1. The number of H-pyrrole nitrogens is 1. The predicted octanol–water partition coefficient (Wildman–Crippen LogP) is 5.93. The summed E-state index contributed by atoms with van der Waals surface area (Å²) in [5.74, 6) is -0.0152. The third-order valence-electron chi connectivity index (χ3n) is 6.21. The van der Waals surface area contributed by atoms with E-state index in [0.29, 0.717) is 11.5 Å². The van der Waals surface area contributed by atoms with Crippen molar-refractivity contribution in [2.24, 2.45) is 5.73 Å². The van der Waals surface area contributed by atoms with Crippen molar-refractivity contribution in [2.45, 2.75) is 30.0 Å². The molecule has 0 unspecified atom stereocenters. The fourth-order valence-corrected chi connectivity index (χ4v) is 5.20. The van der Waals surface area contributed by atoms with Gasteiger partial charge >= 0.3 is 6.18 Å². The van der Waals surface area contributed by atoms with Crippen molar-refractivity contribution in [1.29, 1.82) is 0 Å². The van der Waals surface area contributed by atoms with Gasteiger partial charge in [0.2, 0.25) is 0 Å². The number of amides is 1. The van der Waals surface area contributed by atoms with Crippen molar-refractivity contribution in [3.05, 3.63) is 78.1 Å². The highest BCUT2D eigenvalue weighted by molar-refractivity contribution is 7.97. The van der Waals surface area contributed by atoms with E-state index in [2.05, 4.69) is 43.9 Å². The minimum Gasteiger partial charge on any atom is -0.367 e. The zero-order valence-corrected chi connectivity index (χ0v) is 20.0. The lowest BCUT2D eigenvalue weighted by Crippen LogP contribution is -2.35. The van der Waals surface area contributed by atoms with Gasteiger partial charge in [-0.05, 0) is 78.4 Å². The number of nitrogens with two attached hydrogens (primary N) is 1. The van der Waals surface area contributed by atoms with Gasteiger partial charge in [-0.15, -0.1) is 0 Å². The first kappa shape index (κ1) is 24.2. The van der Waals surface area contributed by atoms with Crippen LogP contribution in [-0.2, 0) is 6.18 Å². The highest BCUT2D eigenvalue weighted by Gasteiger charge is 2.30. The van der Waals surface area contributed by atoms with E-state index < -0.39 is 17.6 Å². The molecule has 36 heavy (non-hydrogen) atoms. The minimum absolute atomic E-state index is 0.173. The van der Waals surface area contributed by atoms with Gasteiger partial charge in [0.25, 0.3) is 5.91 Å².